The molecule has 31 heavy (non-hydrogen) atoms. The molecule has 8 heteroatoms. The number of halogens is 1. The first kappa shape index (κ1) is 23.9. The smallest absolute Gasteiger partial charge is 0.239 e. The van der Waals surface area contributed by atoms with Gasteiger partial charge < -0.3 is 9.64 Å². The number of benzene rings is 2. The van der Waals surface area contributed by atoms with E-state index in [2.05, 4.69) is 18.7 Å². The number of rotatable bonds is 11. The van der Waals surface area contributed by atoms with Crippen LogP contribution in [0.3, 0.4) is 0 Å². The Morgan fingerprint density at radius 3 is 2.52 bits per heavy atom. The summed E-state index contributed by atoms with van der Waals surface area (Å²) in [5.41, 5.74) is 0.815. The van der Waals surface area contributed by atoms with Gasteiger partial charge in [0.2, 0.25) is 5.91 Å². The molecule has 5 nitrogen and oxygen atoms in total. The zero-order valence-corrected chi connectivity index (χ0v) is 20.5. The molecule has 0 saturated carbocycles. The van der Waals surface area contributed by atoms with Gasteiger partial charge >= 0.3 is 0 Å². The molecule has 0 bridgehead atoms. The van der Waals surface area contributed by atoms with Crippen molar-refractivity contribution >= 4 is 56.0 Å². The van der Waals surface area contributed by atoms with E-state index in [1.165, 1.54) is 23.1 Å². The Labute approximate surface area is 197 Å². The molecule has 0 N–H and O–H groups in total. The summed E-state index contributed by atoms with van der Waals surface area (Å²) in [7, 11) is 0. The van der Waals surface area contributed by atoms with Crippen LogP contribution in [0.2, 0.25) is 5.02 Å². The van der Waals surface area contributed by atoms with E-state index < -0.39 is 0 Å². The van der Waals surface area contributed by atoms with Gasteiger partial charge in [-0.25, -0.2) is 4.98 Å². The molecule has 1 amide bonds. The first-order valence-corrected chi connectivity index (χ1v) is 12.7. The van der Waals surface area contributed by atoms with Gasteiger partial charge in [0.25, 0.3) is 0 Å². The predicted molar refractivity (Wildman–Crippen MR) is 133 cm³/mol. The van der Waals surface area contributed by atoms with Crippen LogP contribution in [-0.2, 0) is 4.79 Å². The normalized spacial score (nSPS) is 11.3. The monoisotopic (exact) mass is 477 g/mol. The van der Waals surface area contributed by atoms with E-state index in [0.29, 0.717) is 23.9 Å². The van der Waals surface area contributed by atoms with Gasteiger partial charge in [-0.05, 0) is 56.4 Å². The summed E-state index contributed by atoms with van der Waals surface area (Å²) in [6.45, 7) is 10.1. The van der Waals surface area contributed by atoms with Crippen molar-refractivity contribution in [2.45, 2.75) is 25.7 Å². The maximum atomic E-state index is 13.3. The van der Waals surface area contributed by atoms with Crippen LogP contribution in [0.5, 0.6) is 5.75 Å². The Hall–Kier alpha value is -1.80. The second kappa shape index (κ2) is 11.7. The summed E-state index contributed by atoms with van der Waals surface area (Å²) in [6.07, 6.45) is 0. The van der Waals surface area contributed by atoms with Crippen molar-refractivity contribution in [3.63, 3.8) is 0 Å². The number of carbonyl (C=O) groups excluding carboxylic acids is 1. The highest BCUT2D eigenvalue weighted by molar-refractivity contribution is 8.00. The van der Waals surface area contributed by atoms with E-state index in [4.69, 9.17) is 21.3 Å². The molecule has 0 aliphatic carbocycles. The molecule has 3 aromatic rings. The predicted octanol–water partition coefficient (Wildman–Crippen LogP) is 5.82. The van der Waals surface area contributed by atoms with E-state index in [1.807, 2.05) is 54.3 Å². The number of thiazole rings is 1. The van der Waals surface area contributed by atoms with Crippen LogP contribution in [0.1, 0.15) is 20.8 Å². The Morgan fingerprint density at radius 2 is 1.84 bits per heavy atom. The first-order chi connectivity index (χ1) is 15.0. The van der Waals surface area contributed by atoms with Crippen LogP contribution in [0, 0.1) is 0 Å². The Morgan fingerprint density at radius 1 is 1.10 bits per heavy atom. The Kier molecular flexibility index (Phi) is 9.02. The van der Waals surface area contributed by atoms with Gasteiger partial charge in [0.05, 0.1) is 17.1 Å². The van der Waals surface area contributed by atoms with Gasteiger partial charge in [-0.2, -0.15) is 0 Å². The van der Waals surface area contributed by atoms with Gasteiger partial charge in [0, 0.05) is 23.0 Å². The number of nitrogens with zero attached hydrogens (tertiary/aromatic N) is 3. The van der Waals surface area contributed by atoms with Crippen molar-refractivity contribution in [1.82, 2.24) is 9.88 Å². The molecule has 0 aliphatic rings. The first-order valence-electron chi connectivity index (χ1n) is 10.5. The maximum absolute atomic E-state index is 13.3. The van der Waals surface area contributed by atoms with Crippen molar-refractivity contribution in [3.05, 3.63) is 47.5 Å². The fraction of sp³-hybridized carbons (Fsp3) is 0.391. The lowest BCUT2D eigenvalue weighted by molar-refractivity contribution is -0.116. The molecule has 0 atom stereocenters. The largest absolute Gasteiger partial charge is 0.492 e. The van der Waals surface area contributed by atoms with Gasteiger partial charge in [-0.15, -0.1) is 11.8 Å². The van der Waals surface area contributed by atoms with Crippen molar-refractivity contribution in [1.29, 1.82) is 0 Å². The second-order valence-corrected chi connectivity index (χ2v) is 9.34. The molecule has 0 radical (unpaired) electrons. The van der Waals surface area contributed by atoms with Crippen LogP contribution in [0.25, 0.3) is 10.2 Å². The van der Waals surface area contributed by atoms with Gasteiger partial charge in [-0.1, -0.05) is 42.9 Å². The van der Waals surface area contributed by atoms with Crippen LogP contribution >= 0.6 is 34.7 Å². The van der Waals surface area contributed by atoms with Crippen LogP contribution in [0.4, 0.5) is 5.13 Å². The minimum absolute atomic E-state index is 0.0455. The molecule has 0 aliphatic heterocycles. The summed E-state index contributed by atoms with van der Waals surface area (Å²) in [6, 6.07) is 13.5. The van der Waals surface area contributed by atoms with Crippen LogP contribution in [0.15, 0.2) is 47.4 Å². The average Bonchev–Trinajstić information content (AvgIpc) is 3.21. The van der Waals surface area contributed by atoms with E-state index in [1.54, 1.807) is 0 Å². The number of hydrogen-bond donors (Lipinski definition) is 0. The van der Waals surface area contributed by atoms with Crippen molar-refractivity contribution in [3.8, 4) is 5.75 Å². The highest BCUT2D eigenvalue weighted by Gasteiger charge is 2.21. The van der Waals surface area contributed by atoms with Crippen molar-refractivity contribution < 1.29 is 9.53 Å². The maximum Gasteiger partial charge on any atom is 0.239 e. The number of ether oxygens (including phenoxy) is 1. The number of likely N-dealkylation sites (N-methyl/N-ethyl adjacent to an activating group) is 1. The molecule has 3 rings (SSSR count). The molecule has 2 aromatic carbocycles. The fourth-order valence-electron chi connectivity index (χ4n) is 3.16. The third-order valence-corrected chi connectivity index (χ3v) is 7.21. The number of carbonyl (C=O) groups is 1. The lowest BCUT2D eigenvalue weighted by Crippen LogP contribution is -2.39. The molecule has 1 aromatic heterocycles. The fourth-order valence-corrected chi connectivity index (χ4v) is 5.09. The van der Waals surface area contributed by atoms with Crippen LogP contribution in [-0.4, -0.2) is 54.3 Å². The summed E-state index contributed by atoms with van der Waals surface area (Å²) in [4.78, 5) is 23.2. The van der Waals surface area contributed by atoms with Crippen molar-refractivity contribution in [2.75, 3.05) is 43.4 Å². The molecular weight excluding hydrogens is 450 g/mol. The summed E-state index contributed by atoms with van der Waals surface area (Å²) in [5, 5.41) is 1.41. The number of para-hydroxylation sites is 1. The number of amides is 1. The molecular formula is C23H28ClN3O2S2. The third-order valence-electron chi connectivity index (χ3n) is 4.91. The van der Waals surface area contributed by atoms with E-state index >= 15 is 0 Å². The summed E-state index contributed by atoms with van der Waals surface area (Å²) < 4.78 is 6.76. The zero-order chi connectivity index (χ0) is 22.2. The molecule has 0 unspecified atom stereocenters. The highest BCUT2D eigenvalue weighted by atomic mass is 35.5. The summed E-state index contributed by atoms with van der Waals surface area (Å²) in [5.74, 6) is 1.15. The van der Waals surface area contributed by atoms with Gasteiger partial charge in [-0.3, -0.25) is 9.69 Å². The number of anilines is 1. The quantitative estimate of drug-likeness (QED) is 0.326. The molecule has 0 saturated heterocycles. The van der Waals surface area contributed by atoms with E-state index in [0.717, 1.165) is 45.6 Å². The lowest BCUT2D eigenvalue weighted by atomic mass is 10.3. The minimum Gasteiger partial charge on any atom is -0.492 e. The Balaban J connectivity index is 1.83. The molecule has 0 fully saturated rings. The number of aromatic nitrogens is 1. The topological polar surface area (TPSA) is 45.7 Å². The van der Waals surface area contributed by atoms with E-state index in [9.17, 15) is 4.79 Å². The minimum atomic E-state index is 0.0455. The zero-order valence-electron chi connectivity index (χ0n) is 18.1. The highest BCUT2D eigenvalue weighted by Crippen LogP contribution is 2.34. The lowest BCUT2D eigenvalue weighted by Gasteiger charge is -2.24. The molecule has 1 heterocycles. The third kappa shape index (κ3) is 6.35. The number of fused-ring (bicyclic) bond motifs is 1. The summed E-state index contributed by atoms with van der Waals surface area (Å²) >= 11 is 9.02. The van der Waals surface area contributed by atoms with Crippen LogP contribution < -0.4 is 9.64 Å². The molecule has 0 spiro atoms. The van der Waals surface area contributed by atoms with Gasteiger partial charge in [0.1, 0.15) is 11.3 Å². The average molecular weight is 478 g/mol. The van der Waals surface area contributed by atoms with Gasteiger partial charge in [0.15, 0.2) is 5.13 Å². The Bertz CT molecular complexity index is 990. The second-order valence-electron chi connectivity index (χ2n) is 6.85. The SMILES string of the molecule is CCOc1cccc2sc(N(CCN(CC)CC)C(=O)CSc3ccc(Cl)cc3)nc12. The van der Waals surface area contributed by atoms with E-state index in [-0.39, 0.29) is 5.91 Å². The number of hydrogen-bond acceptors (Lipinski definition) is 6. The number of thioether (sulfide) groups is 1. The standard InChI is InChI=1S/C23H28ClN3O2S2/c1-4-26(5-2)14-15-27(21(28)16-30-18-12-10-17(24)11-13-18)23-25-22-19(29-6-3)8-7-9-20(22)31-23/h7-13H,4-6,14-16H2,1-3H3. The molecule has 166 valence electrons. The van der Waals surface area contributed by atoms with Crippen molar-refractivity contribution in [2.24, 2.45) is 0 Å².